The number of furan rings is 1. The summed E-state index contributed by atoms with van der Waals surface area (Å²) in [5, 5.41) is 5.99. The van der Waals surface area contributed by atoms with Crippen molar-refractivity contribution in [1.82, 2.24) is 15.6 Å². The van der Waals surface area contributed by atoms with Gasteiger partial charge in [0.1, 0.15) is 23.7 Å². The number of thiazole rings is 1. The van der Waals surface area contributed by atoms with Crippen LogP contribution in [0.4, 0.5) is 13.2 Å². The number of nitrogens with zero attached hydrogens (tertiary/aromatic N) is 1. The zero-order chi connectivity index (χ0) is 22.9. The predicted octanol–water partition coefficient (Wildman–Crippen LogP) is 4.89. The van der Waals surface area contributed by atoms with Gasteiger partial charge in [0.2, 0.25) is 0 Å². The number of alkyl halides is 3. The van der Waals surface area contributed by atoms with Gasteiger partial charge in [-0.2, -0.15) is 13.2 Å². The second-order valence-corrected chi connectivity index (χ2v) is 9.09. The first-order valence-corrected chi connectivity index (χ1v) is 11.2. The van der Waals surface area contributed by atoms with E-state index in [1.54, 1.807) is 30.6 Å². The lowest BCUT2D eigenvalue weighted by Gasteiger charge is -2.43. The van der Waals surface area contributed by atoms with Crippen LogP contribution >= 0.6 is 11.3 Å². The average Bonchev–Trinajstić information content (AvgIpc) is 3.24. The van der Waals surface area contributed by atoms with Gasteiger partial charge >= 0.3 is 6.18 Å². The Morgan fingerprint density at radius 2 is 2.09 bits per heavy atom. The average molecular weight is 468 g/mol. The monoisotopic (exact) mass is 467 g/mol. The molecule has 3 aromatic rings. The van der Waals surface area contributed by atoms with E-state index >= 15 is 0 Å². The molecule has 0 atom stereocenters. The number of rotatable bonds is 8. The van der Waals surface area contributed by atoms with Gasteiger partial charge in [0, 0.05) is 11.9 Å². The van der Waals surface area contributed by atoms with Crippen LogP contribution in [-0.4, -0.2) is 35.7 Å². The van der Waals surface area contributed by atoms with Gasteiger partial charge in [-0.05, 0) is 51.3 Å². The van der Waals surface area contributed by atoms with Crippen LogP contribution < -0.4 is 15.4 Å². The molecule has 0 spiro atoms. The molecular weight excluding hydrogens is 443 g/mol. The van der Waals surface area contributed by atoms with Crippen molar-refractivity contribution in [3.63, 3.8) is 0 Å². The zero-order valence-electron chi connectivity index (χ0n) is 17.8. The molecule has 1 aliphatic carbocycles. The molecule has 172 valence electrons. The first-order valence-electron chi connectivity index (χ1n) is 10.3. The van der Waals surface area contributed by atoms with Gasteiger partial charge in [-0.15, -0.1) is 11.3 Å². The van der Waals surface area contributed by atoms with Crippen molar-refractivity contribution in [3.8, 4) is 5.75 Å². The zero-order valence-corrected chi connectivity index (χ0v) is 18.6. The van der Waals surface area contributed by atoms with Gasteiger partial charge in [0.05, 0.1) is 33.7 Å². The van der Waals surface area contributed by atoms with Crippen LogP contribution in [0.1, 0.15) is 46.0 Å². The third-order valence-corrected chi connectivity index (χ3v) is 6.66. The molecule has 1 aromatic carbocycles. The number of nitrogens with one attached hydrogen (secondary N) is 2. The van der Waals surface area contributed by atoms with Crippen molar-refractivity contribution >= 4 is 28.2 Å². The van der Waals surface area contributed by atoms with Crippen molar-refractivity contribution in [3.05, 3.63) is 45.6 Å². The number of benzene rings is 1. The highest BCUT2D eigenvalue weighted by Gasteiger charge is 2.40. The molecule has 0 aliphatic heterocycles. The van der Waals surface area contributed by atoms with Crippen molar-refractivity contribution < 1.29 is 27.1 Å². The molecule has 2 heterocycles. The number of carbonyl (C=O) groups is 1. The maximum atomic E-state index is 13.1. The Bertz CT molecular complexity index is 1120. The number of aryl methyl sites for hydroxylation is 2. The summed E-state index contributed by atoms with van der Waals surface area (Å²) in [6.07, 6.45) is -2.18. The standard InChI is InChI=1S/C22H24F3N3O3S/c1-13-18(32-12-27-13)9-30-15-4-5-17-16(8-15)19(14(2)31-17)20(29)28-21(6-3-7-21)10-26-11-22(23,24)25/h4-5,8,12,26H,3,6-7,9-11H2,1-2H3,(H,28,29). The van der Waals surface area contributed by atoms with Gasteiger partial charge < -0.3 is 19.8 Å². The molecule has 32 heavy (non-hydrogen) atoms. The fourth-order valence-electron chi connectivity index (χ4n) is 3.88. The van der Waals surface area contributed by atoms with Gasteiger partial charge in [-0.25, -0.2) is 4.98 Å². The summed E-state index contributed by atoms with van der Waals surface area (Å²) < 4.78 is 49.1. The number of amides is 1. The van der Waals surface area contributed by atoms with Crippen LogP contribution in [0.2, 0.25) is 0 Å². The topological polar surface area (TPSA) is 76.4 Å². The third kappa shape index (κ3) is 4.91. The smallest absolute Gasteiger partial charge is 0.401 e. The SMILES string of the molecule is Cc1ncsc1COc1ccc2oc(C)c(C(=O)NC3(CNCC(F)(F)F)CCC3)c2c1. The second-order valence-electron chi connectivity index (χ2n) is 8.15. The number of ether oxygens (including phenoxy) is 1. The Morgan fingerprint density at radius 1 is 1.31 bits per heavy atom. The Hall–Kier alpha value is -2.59. The largest absolute Gasteiger partial charge is 0.488 e. The minimum absolute atomic E-state index is 0.0651. The molecule has 1 amide bonds. The van der Waals surface area contributed by atoms with Gasteiger partial charge in [-0.3, -0.25) is 4.79 Å². The Morgan fingerprint density at radius 3 is 2.72 bits per heavy atom. The van der Waals surface area contributed by atoms with Gasteiger partial charge in [0.25, 0.3) is 5.91 Å². The Labute approximate surface area is 187 Å². The molecule has 1 fully saturated rings. The lowest BCUT2D eigenvalue weighted by molar-refractivity contribution is -0.125. The number of aromatic nitrogens is 1. The summed E-state index contributed by atoms with van der Waals surface area (Å²) in [4.78, 5) is 18.4. The minimum Gasteiger partial charge on any atom is -0.488 e. The molecule has 1 aliphatic rings. The molecule has 6 nitrogen and oxygen atoms in total. The normalized spacial score (nSPS) is 15.5. The van der Waals surface area contributed by atoms with E-state index in [0.717, 1.165) is 17.0 Å². The molecule has 0 unspecified atom stereocenters. The van der Waals surface area contributed by atoms with Crippen LogP contribution in [0, 0.1) is 13.8 Å². The number of hydrogen-bond acceptors (Lipinski definition) is 6. The Balaban J connectivity index is 1.50. The van der Waals surface area contributed by atoms with Gasteiger partial charge in [0.15, 0.2) is 0 Å². The van der Waals surface area contributed by atoms with Crippen LogP contribution in [-0.2, 0) is 6.61 Å². The molecule has 4 rings (SSSR count). The maximum Gasteiger partial charge on any atom is 0.401 e. The highest BCUT2D eigenvalue weighted by molar-refractivity contribution is 7.09. The first kappa shape index (κ1) is 22.6. The molecular formula is C22H24F3N3O3S. The summed E-state index contributed by atoms with van der Waals surface area (Å²) in [5.74, 6) is 0.682. The van der Waals surface area contributed by atoms with E-state index in [9.17, 15) is 18.0 Å². The lowest BCUT2D eigenvalue weighted by Crippen LogP contribution is -2.59. The van der Waals surface area contributed by atoms with E-state index in [0.29, 0.717) is 47.5 Å². The molecule has 0 saturated heterocycles. The summed E-state index contributed by atoms with van der Waals surface area (Å²) in [7, 11) is 0. The van der Waals surface area contributed by atoms with E-state index in [1.807, 2.05) is 6.92 Å². The molecule has 2 aromatic heterocycles. The fourth-order valence-corrected chi connectivity index (χ4v) is 4.57. The van der Waals surface area contributed by atoms with Crippen LogP contribution in [0.3, 0.4) is 0 Å². The molecule has 10 heteroatoms. The van der Waals surface area contributed by atoms with Crippen molar-refractivity contribution in [2.75, 3.05) is 13.1 Å². The highest BCUT2D eigenvalue weighted by Crippen LogP contribution is 2.34. The van der Waals surface area contributed by atoms with Crippen LogP contribution in [0.15, 0.2) is 28.1 Å². The van der Waals surface area contributed by atoms with E-state index in [1.165, 1.54) is 11.3 Å². The summed E-state index contributed by atoms with van der Waals surface area (Å²) in [6.45, 7) is 2.97. The van der Waals surface area contributed by atoms with Crippen molar-refractivity contribution in [1.29, 1.82) is 0 Å². The van der Waals surface area contributed by atoms with Crippen molar-refractivity contribution in [2.45, 2.75) is 51.4 Å². The third-order valence-electron chi connectivity index (χ3n) is 5.76. The molecule has 0 bridgehead atoms. The number of halogens is 3. The van der Waals surface area contributed by atoms with E-state index in [-0.39, 0.29) is 12.5 Å². The fraction of sp³-hybridized carbons (Fsp3) is 0.455. The highest BCUT2D eigenvalue weighted by atomic mass is 32.1. The molecule has 1 saturated carbocycles. The van der Waals surface area contributed by atoms with E-state index in [2.05, 4.69) is 15.6 Å². The summed E-state index contributed by atoms with van der Waals surface area (Å²) in [5.41, 5.74) is 2.92. The predicted molar refractivity (Wildman–Crippen MR) is 115 cm³/mol. The number of fused-ring (bicyclic) bond motifs is 1. The van der Waals surface area contributed by atoms with E-state index < -0.39 is 18.3 Å². The molecule has 0 radical (unpaired) electrons. The lowest BCUT2D eigenvalue weighted by atomic mass is 9.76. The molecule has 2 N–H and O–H groups in total. The second kappa shape index (κ2) is 8.74. The summed E-state index contributed by atoms with van der Waals surface area (Å²) in [6, 6.07) is 5.28. The van der Waals surface area contributed by atoms with Crippen LogP contribution in [0.5, 0.6) is 5.75 Å². The minimum atomic E-state index is -4.29. The number of hydrogen-bond donors (Lipinski definition) is 2. The number of carbonyl (C=O) groups excluding carboxylic acids is 1. The quantitative estimate of drug-likeness (QED) is 0.493. The van der Waals surface area contributed by atoms with Gasteiger partial charge in [-0.1, -0.05) is 0 Å². The van der Waals surface area contributed by atoms with E-state index in [4.69, 9.17) is 9.15 Å². The van der Waals surface area contributed by atoms with Crippen LogP contribution in [0.25, 0.3) is 11.0 Å². The maximum absolute atomic E-state index is 13.1. The summed E-state index contributed by atoms with van der Waals surface area (Å²) >= 11 is 1.51. The first-order chi connectivity index (χ1) is 15.2. The Kier molecular flexibility index (Phi) is 6.17. The van der Waals surface area contributed by atoms with Crippen molar-refractivity contribution in [2.24, 2.45) is 0 Å².